The highest BCUT2D eigenvalue weighted by Crippen LogP contribution is 2.29. The van der Waals surface area contributed by atoms with Crippen LogP contribution in [0, 0.1) is 0 Å². The van der Waals surface area contributed by atoms with Crippen molar-refractivity contribution in [3.8, 4) is 17.2 Å². The number of amides is 1. The van der Waals surface area contributed by atoms with Gasteiger partial charge in [-0.1, -0.05) is 36.0 Å². The zero-order chi connectivity index (χ0) is 25.5. The summed E-state index contributed by atoms with van der Waals surface area (Å²) in [6.45, 7) is 1.88. The summed E-state index contributed by atoms with van der Waals surface area (Å²) in [5, 5.41) is 21.0. The summed E-state index contributed by atoms with van der Waals surface area (Å²) in [6.07, 6.45) is -0.444. The first kappa shape index (κ1) is 24.8. The van der Waals surface area contributed by atoms with E-state index in [0.717, 1.165) is 5.69 Å². The minimum Gasteiger partial charge on any atom is -0.497 e. The van der Waals surface area contributed by atoms with Gasteiger partial charge in [-0.2, -0.15) is 0 Å². The van der Waals surface area contributed by atoms with Crippen LogP contribution in [0.25, 0.3) is 5.69 Å². The number of anilines is 1. The van der Waals surface area contributed by atoms with Crippen molar-refractivity contribution in [2.24, 2.45) is 0 Å². The average molecular weight is 505 g/mol. The minimum absolute atomic E-state index is 0.0801. The first-order valence-electron chi connectivity index (χ1n) is 11.0. The Hall–Kier alpha value is -4.31. The molecule has 36 heavy (non-hydrogen) atoms. The SMILES string of the molecule is COc1cccc(OC(C)c2nnc(SCC(=O)Nc3ccc(C(=O)O)cc3)n2-c2ccccc2)c1. The van der Waals surface area contributed by atoms with E-state index in [9.17, 15) is 9.59 Å². The molecule has 1 aromatic heterocycles. The van der Waals surface area contributed by atoms with E-state index >= 15 is 0 Å². The molecule has 4 rings (SSSR count). The van der Waals surface area contributed by atoms with Gasteiger partial charge >= 0.3 is 5.97 Å². The van der Waals surface area contributed by atoms with E-state index in [2.05, 4.69) is 15.5 Å². The Balaban J connectivity index is 1.50. The van der Waals surface area contributed by atoms with Crippen LogP contribution in [-0.2, 0) is 4.79 Å². The molecule has 4 aromatic rings. The van der Waals surface area contributed by atoms with E-state index < -0.39 is 12.1 Å². The Morgan fingerprint density at radius 3 is 2.42 bits per heavy atom. The highest BCUT2D eigenvalue weighted by molar-refractivity contribution is 7.99. The maximum Gasteiger partial charge on any atom is 0.335 e. The number of ether oxygens (including phenoxy) is 2. The molecule has 9 nitrogen and oxygen atoms in total. The van der Waals surface area contributed by atoms with Crippen molar-refractivity contribution in [1.82, 2.24) is 14.8 Å². The number of rotatable bonds is 10. The molecule has 0 fully saturated rings. The standard InChI is InChI=1S/C26H24N4O5S/c1-17(35-22-10-6-9-21(15-22)34-2)24-28-29-26(30(24)20-7-4-3-5-8-20)36-16-23(31)27-19-13-11-18(12-14-19)25(32)33/h3-15,17H,16H2,1-2H3,(H,27,31)(H,32,33). The molecule has 1 amide bonds. The highest BCUT2D eigenvalue weighted by Gasteiger charge is 2.22. The monoisotopic (exact) mass is 504 g/mol. The van der Waals surface area contributed by atoms with Gasteiger partial charge in [-0.15, -0.1) is 10.2 Å². The average Bonchev–Trinajstić information content (AvgIpc) is 3.32. The fourth-order valence-corrected chi connectivity index (χ4v) is 4.17. The molecule has 0 aliphatic carbocycles. The number of methoxy groups -OCH3 is 1. The number of thioether (sulfide) groups is 1. The van der Waals surface area contributed by atoms with Gasteiger partial charge in [-0.3, -0.25) is 9.36 Å². The van der Waals surface area contributed by atoms with Crippen molar-refractivity contribution >= 4 is 29.3 Å². The quantitative estimate of drug-likeness (QED) is 0.295. The van der Waals surface area contributed by atoms with Crippen LogP contribution in [0.2, 0.25) is 0 Å². The van der Waals surface area contributed by atoms with Crippen molar-refractivity contribution in [1.29, 1.82) is 0 Å². The summed E-state index contributed by atoms with van der Waals surface area (Å²) in [5.74, 6) is 0.695. The third-order valence-electron chi connectivity index (χ3n) is 5.14. The van der Waals surface area contributed by atoms with Crippen LogP contribution in [0.1, 0.15) is 29.2 Å². The Morgan fingerprint density at radius 2 is 1.72 bits per heavy atom. The van der Waals surface area contributed by atoms with E-state index in [4.69, 9.17) is 14.6 Å². The topological polar surface area (TPSA) is 116 Å². The lowest BCUT2D eigenvalue weighted by Gasteiger charge is -2.17. The molecule has 184 valence electrons. The van der Waals surface area contributed by atoms with E-state index in [0.29, 0.717) is 28.2 Å². The summed E-state index contributed by atoms with van der Waals surface area (Å²) in [7, 11) is 1.60. The number of carboxylic acids is 1. The smallest absolute Gasteiger partial charge is 0.335 e. The second-order valence-corrected chi connectivity index (χ2v) is 8.61. The number of aromatic nitrogens is 3. The van der Waals surface area contributed by atoms with Crippen molar-refractivity contribution < 1.29 is 24.2 Å². The fraction of sp³-hybridized carbons (Fsp3) is 0.154. The molecule has 1 atom stereocenters. The second kappa shape index (κ2) is 11.4. The van der Waals surface area contributed by atoms with E-state index in [-0.39, 0.29) is 17.2 Å². The lowest BCUT2D eigenvalue weighted by atomic mass is 10.2. The molecule has 0 bridgehead atoms. The van der Waals surface area contributed by atoms with Gasteiger partial charge in [0.2, 0.25) is 5.91 Å². The number of carbonyl (C=O) groups excluding carboxylic acids is 1. The zero-order valence-corrected chi connectivity index (χ0v) is 20.4. The highest BCUT2D eigenvalue weighted by atomic mass is 32.2. The number of nitrogens with one attached hydrogen (secondary N) is 1. The summed E-state index contributed by atoms with van der Waals surface area (Å²) >= 11 is 1.24. The van der Waals surface area contributed by atoms with Crippen molar-refractivity contribution in [2.75, 3.05) is 18.2 Å². The Bertz CT molecular complexity index is 1340. The number of carboxylic acid groups (broad SMARTS) is 1. The second-order valence-electron chi connectivity index (χ2n) is 7.67. The lowest BCUT2D eigenvalue weighted by molar-refractivity contribution is -0.113. The van der Waals surface area contributed by atoms with Crippen LogP contribution in [0.4, 0.5) is 5.69 Å². The normalized spacial score (nSPS) is 11.5. The molecule has 3 aromatic carbocycles. The van der Waals surface area contributed by atoms with Crippen molar-refractivity contribution in [2.45, 2.75) is 18.2 Å². The van der Waals surface area contributed by atoms with Gasteiger partial charge in [0.05, 0.1) is 18.4 Å². The van der Waals surface area contributed by atoms with Gasteiger partial charge in [0, 0.05) is 17.4 Å². The van der Waals surface area contributed by atoms with Crippen molar-refractivity contribution in [3.63, 3.8) is 0 Å². The van der Waals surface area contributed by atoms with Gasteiger partial charge in [-0.05, 0) is 55.5 Å². The number of benzene rings is 3. The van der Waals surface area contributed by atoms with Crippen LogP contribution < -0.4 is 14.8 Å². The first-order valence-corrected chi connectivity index (χ1v) is 12.0. The van der Waals surface area contributed by atoms with Crippen LogP contribution >= 0.6 is 11.8 Å². The molecule has 0 spiro atoms. The number of nitrogens with zero attached hydrogens (tertiary/aromatic N) is 3. The first-order chi connectivity index (χ1) is 17.4. The molecular weight excluding hydrogens is 480 g/mol. The Labute approximate surface area is 212 Å². The van der Waals surface area contributed by atoms with E-state index in [1.807, 2.05) is 60.0 Å². The summed E-state index contributed by atoms with van der Waals surface area (Å²) in [6, 6.07) is 22.9. The summed E-state index contributed by atoms with van der Waals surface area (Å²) < 4.78 is 13.3. The van der Waals surface area contributed by atoms with Crippen LogP contribution in [0.15, 0.2) is 84.0 Å². The minimum atomic E-state index is -1.02. The van der Waals surface area contributed by atoms with Crippen molar-refractivity contribution in [3.05, 3.63) is 90.3 Å². The fourth-order valence-electron chi connectivity index (χ4n) is 3.41. The molecule has 0 aliphatic heterocycles. The van der Waals surface area contributed by atoms with E-state index in [1.54, 1.807) is 25.3 Å². The van der Waals surface area contributed by atoms with Gasteiger partial charge in [0.25, 0.3) is 0 Å². The number of para-hydroxylation sites is 1. The molecule has 1 heterocycles. The predicted molar refractivity (Wildman–Crippen MR) is 136 cm³/mol. The summed E-state index contributed by atoms with van der Waals surface area (Å²) in [4.78, 5) is 23.6. The largest absolute Gasteiger partial charge is 0.497 e. The molecule has 0 radical (unpaired) electrons. The van der Waals surface area contributed by atoms with Crippen LogP contribution in [-0.4, -0.2) is 44.6 Å². The van der Waals surface area contributed by atoms with Gasteiger partial charge in [-0.25, -0.2) is 4.79 Å². The molecule has 0 aliphatic rings. The maximum absolute atomic E-state index is 12.6. The van der Waals surface area contributed by atoms with Gasteiger partial charge < -0.3 is 19.9 Å². The lowest BCUT2D eigenvalue weighted by Crippen LogP contribution is -2.15. The third-order valence-corrected chi connectivity index (χ3v) is 6.07. The van der Waals surface area contributed by atoms with Gasteiger partial charge in [0.15, 0.2) is 17.1 Å². The number of aromatic carboxylic acids is 1. The maximum atomic E-state index is 12.6. The Morgan fingerprint density at radius 1 is 1.00 bits per heavy atom. The number of hydrogen-bond acceptors (Lipinski definition) is 7. The zero-order valence-electron chi connectivity index (χ0n) is 19.6. The molecule has 2 N–H and O–H groups in total. The van der Waals surface area contributed by atoms with Gasteiger partial charge in [0.1, 0.15) is 11.5 Å². The predicted octanol–water partition coefficient (Wildman–Crippen LogP) is 4.84. The summed E-state index contributed by atoms with van der Waals surface area (Å²) in [5.41, 5.74) is 1.50. The molecule has 1 unspecified atom stereocenters. The van der Waals surface area contributed by atoms with E-state index in [1.165, 1.54) is 23.9 Å². The molecule has 0 saturated heterocycles. The number of hydrogen-bond donors (Lipinski definition) is 2. The Kier molecular flexibility index (Phi) is 7.86. The molecule has 0 saturated carbocycles. The molecule has 10 heteroatoms. The third kappa shape index (κ3) is 6.02. The van der Waals surface area contributed by atoms with Crippen LogP contribution in [0.5, 0.6) is 11.5 Å². The number of carbonyl (C=O) groups is 2. The van der Waals surface area contributed by atoms with Crippen LogP contribution in [0.3, 0.4) is 0 Å². The molecular formula is C26H24N4O5S.